The van der Waals surface area contributed by atoms with Crippen LogP contribution >= 0.6 is 13.5 Å². The molecular formula is C24H30FN3O4S. The molecule has 0 unspecified atom stereocenters. The van der Waals surface area contributed by atoms with Gasteiger partial charge in [0.2, 0.25) is 5.43 Å². The van der Waals surface area contributed by atoms with Crippen LogP contribution in [0.15, 0.2) is 29.3 Å². The summed E-state index contributed by atoms with van der Waals surface area (Å²) < 4.78 is 25.0. The minimum Gasteiger partial charge on any atom is -0.494 e. The Morgan fingerprint density at radius 3 is 2.55 bits per heavy atom. The third-order valence-corrected chi connectivity index (χ3v) is 6.50. The minimum absolute atomic E-state index is 0. The highest BCUT2D eigenvalue weighted by Crippen LogP contribution is 2.44. The van der Waals surface area contributed by atoms with E-state index in [1.807, 2.05) is 12.3 Å². The van der Waals surface area contributed by atoms with Crippen molar-refractivity contribution in [3.63, 3.8) is 0 Å². The van der Waals surface area contributed by atoms with Crippen LogP contribution in [0.25, 0.3) is 22.0 Å². The van der Waals surface area contributed by atoms with Crippen LogP contribution in [-0.4, -0.2) is 45.3 Å². The van der Waals surface area contributed by atoms with Gasteiger partial charge in [-0.25, -0.2) is 9.18 Å². The average Bonchev–Trinajstić information content (AvgIpc) is 3.49. The summed E-state index contributed by atoms with van der Waals surface area (Å²) in [6.07, 6.45) is 5.04. The topological polar surface area (TPSA) is 76.7 Å². The summed E-state index contributed by atoms with van der Waals surface area (Å²) in [7, 11) is 3.52. The molecule has 1 fully saturated rings. The Bertz CT molecular complexity index is 1270. The van der Waals surface area contributed by atoms with Crippen LogP contribution in [0.5, 0.6) is 5.75 Å². The molecule has 3 heterocycles. The zero-order valence-corrected chi connectivity index (χ0v) is 19.2. The van der Waals surface area contributed by atoms with Gasteiger partial charge in [0.05, 0.1) is 23.6 Å². The predicted molar refractivity (Wildman–Crippen MR) is 131 cm³/mol. The quantitative estimate of drug-likeness (QED) is 0.611. The fourth-order valence-corrected chi connectivity index (χ4v) is 4.54. The van der Waals surface area contributed by atoms with Crippen molar-refractivity contribution in [1.82, 2.24) is 14.0 Å². The molecule has 2 aliphatic rings. The molecule has 2 aromatic heterocycles. The molecule has 33 heavy (non-hydrogen) atoms. The normalized spacial score (nSPS) is 17.8. The van der Waals surface area contributed by atoms with Crippen LogP contribution in [0.1, 0.15) is 49.3 Å². The SMILES string of the molecule is C.COc1c(-c2cc3n(c2)C[C@H](C)N(C)C3)c(F)cc2c(=O)c(C(=O)O)cn(C3CC3)c12.S. The zero-order valence-electron chi connectivity index (χ0n) is 18.2. The molecule has 0 saturated heterocycles. The summed E-state index contributed by atoms with van der Waals surface area (Å²) >= 11 is 0. The Labute approximate surface area is 198 Å². The number of ether oxygens (including phenoxy) is 1. The van der Waals surface area contributed by atoms with Crippen LogP contribution in [-0.2, 0) is 13.1 Å². The first kappa shape index (κ1) is 24.9. The molecule has 0 bridgehead atoms. The number of hydrogen-bond donors (Lipinski definition) is 1. The molecule has 1 N–H and O–H groups in total. The molecule has 0 spiro atoms. The monoisotopic (exact) mass is 475 g/mol. The molecule has 1 atom stereocenters. The second kappa shape index (κ2) is 8.87. The maximum atomic E-state index is 15.4. The fourth-order valence-electron chi connectivity index (χ4n) is 4.54. The number of halogens is 1. The summed E-state index contributed by atoms with van der Waals surface area (Å²) in [6.45, 7) is 3.71. The molecule has 1 saturated carbocycles. The van der Waals surface area contributed by atoms with Gasteiger partial charge < -0.3 is 19.0 Å². The molecule has 1 aliphatic heterocycles. The summed E-state index contributed by atoms with van der Waals surface area (Å²) in [4.78, 5) is 26.7. The van der Waals surface area contributed by atoms with E-state index in [4.69, 9.17) is 4.74 Å². The molecule has 1 aliphatic carbocycles. The van der Waals surface area contributed by atoms with Gasteiger partial charge in [-0.1, -0.05) is 7.43 Å². The molecule has 178 valence electrons. The average molecular weight is 476 g/mol. The molecule has 3 aromatic rings. The Hall–Kier alpha value is -2.78. The highest BCUT2D eigenvalue weighted by molar-refractivity contribution is 7.59. The summed E-state index contributed by atoms with van der Waals surface area (Å²) in [5.41, 5.74) is 1.46. The standard InChI is InChI=1S/C23H24FN3O4.CH4.H2S/c1-12-8-26-9-13(6-15(26)10-25(12)2)19-18(24)7-16-20(22(19)31-3)27(14-4-5-14)11-17(21(16)28)23(29)30;;/h6-7,9,11-12,14H,4-5,8,10H2,1-3H3,(H,29,30);1H4;1H2/t12-;;/m0../s1. The number of hydrogen-bond acceptors (Lipinski definition) is 4. The van der Waals surface area contributed by atoms with Gasteiger partial charge in [0.15, 0.2) is 5.75 Å². The van der Waals surface area contributed by atoms with E-state index in [2.05, 4.69) is 23.4 Å². The number of carboxylic acid groups (broad SMARTS) is 1. The van der Waals surface area contributed by atoms with Crippen molar-refractivity contribution in [2.24, 2.45) is 0 Å². The maximum absolute atomic E-state index is 15.4. The second-order valence-corrected chi connectivity index (χ2v) is 8.61. The van der Waals surface area contributed by atoms with Gasteiger partial charge in [0.25, 0.3) is 0 Å². The lowest BCUT2D eigenvalue weighted by atomic mass is 10.0. The Kier molecular flexibility index (Phi) is 6.68. The van der Waals surface area contributed by atoms with Gasteiger partial charge >= 0.3 is 5.97 Å². The molecule has 5 rings (SSSR count). The van der Waals surface area contributed by atoms with Crippen molar-refractivity contribution in [3.05, 3.63) is 51.8 Å². The van der Waals surface area contributed by atoms with Crippen LogP contribution in [0.2, 0.25) is 0 Å². The molecule has 9 heteroatoms. The fraction of sp³-hybridized carbons (Fsp3) is 0.417. The van der Waals surface area contributed by atoms with Crippen molar-refractivity contribution in [2.45, 2.75) is 52.4 Å². The lowest BCUT2D eigenvalue weighted by Crippen LogP contribution is -2.37. The lowest BCUT2D eigenvalue weighted by Gasteiger charge is -2.31. The molecule has 0 radical (unpaired) electrons. The van der Waals surface area contributed by atoms with Crippen LogP contribution in [0.4, 0.5) is 4.39 Å². The molecule has 1 aromatic carbocycles. The number of methoxy groups -OCH3 is 1. The lowest BCUT2D eigenvalue weighted by molar-refractivity contribution is 0.0695. The van der Waals surface area contributed by atoms with E-state index in [9.17, 15) is 14.7 Å². The summed E-state index contributed by atoms with van der Waals surface area (Å²) in [6, 6.07) is 3.56. The van der Waals surface area contributed by atoms with Crippen molar-refractivity contribution in [3.8, 4) is 16.9 Å². The first-order chi connectivity index (χ1) is 14.8. The molecular weight excluding hydrogens is 445 g/mol. The van der Waals surface area contributed by atoms with Gasteiger partial charge in [-0.2, -0.15) is 13.5 Å². The number of fused-ring (bicyclic) bond motifs is 2. The van der Waals surface area contributed by atoms with Crippen LogP contribution in [0.3, 0.4) is 0 Å². The number of carboxylic acids is 1. The number of nitrogens with zero attached hydrogens (tertiary/aromatic N) is 3. The second-order valence-electron chi connectivity index (χ2n) is 8.61. The van der Waals surface area contributed by atoms with E-state index in [-0.39, 0.29) is 43.7 Å². The van der Waals surface area contributed by atoms with E-state index in [0.29, 0.717) is 22.7 Å². The molecule has 0 amide bonds. The van der Waals surface area contributed by atoms with Gasteiger partial charge in [0, 0.05) is 48.8 Å². The minimum atomic E-state index is -1.32. The highest BCUT2D eigenvalue weighted by atomic mass is 32.1. The van der Waals surface area contributed by atoms with E-state index < -0.39 is 17.2 Å². The Morgan fingerprint density at radius 2 is 1.94 bits per heavy atom. The largest absolute Gasteiger partial charge is 0.494 e. The van der Waals surface area contributed by atoms with E-state index in [1.165, 1.54) is 13.3 Å². The van der Waals surface area contributed by atoms with Gasteiger partial charge in [-0.05, 0) is 38.9 Å². The smallest absolute Gasteiger partial charge is 0.341 e. The van der Waals surface area contributed by atoms with Gasteiger partial charge in [-0.3, -0.25) is 9.69 Å². The third kappa shape index (κ3) is 3.93. The van der Waals surface area contributed by atoms with Crippen LogP contribution in [0, 0.1) is 5.82 Å². The number of likely N-dealkylation sites (N-methyl/N-ethyl adjacent to an activating group) is 1. The van der Waals surface area contributed by atoms with E-state index in [0.717, 1.165) is 37.7 Å². The Balaban J connectivity index is 0.00000153. The Morgan fingerprint density at radius 1 is 1.24 bits per heavy atom. The third-order valence-electron chi connectivity index (χ3n) is 6.50. The molecule has 7 nitrogen and oxygen atoms in total. The van der Waals surface area contributed by atoms with Crippen LogP contribution < -0.4 is 10.2 Å². The van der Waals surface area contributed by atoms with Gasteiger partial charge in [-0.15, -0.1) is 0 Å². The predicted octanol–water partition coefficient (Wildman–Crippen LogP) is 4.23. The number of aromatic nitrogens is 2. The zero-order chi connectivity index (χ0) is 22.0. The van der Waals surface area contributed by atoms with Crippen molar-refractivity contribution < 1.29 is 19.0 Å². The first-order valence-electron chi connectivity index (χ1n) is 10.4. The summed E-state index contributed by atoms with van der Waals surface area (Å²) in [5.74, 6) is -1.65. The van der Waals surface area contributed by atoms with E-state index in [1.54, 1.807) is 4.57 Å². The van der Waals surface area contributed by atoms with Gasteiger partial charge in [0.1, 0.15) is 11.4 Å². The number of pyridine rings is 1. The van der Waals surface area contributed by atoms with Crippen molar-refractivity contribution in [2.75, 3.05) is 14.2 Å². The summed E-state index contributed by atoms with van der Waals surface area (Å²) in [5, 5.41) is 9.50. The number of aromatic carboxylic acids is 1. The van der Waals surface area contributed by atoms with E-state index >= 15 is 4.39 Å². The number of carbonyl (C=O) groups is 1. The first-order valence-corrected chi connectivity index (χ1v) is 10.4. The highest BCUT2D eigenvalue weighted by Gasteiger charge is 2.31. The number of rotatable bonds is 4. The van der Waals surface area contributed by atoms with Crippen molar-refractivity contribution in [1.29, 1.82) is 0 Å². The maximum Gasteiger partial charge on any atom is 0.341 e. The number of benzene rings is 1. The van der Waals surface area contributed by atoms with Crippen molar-refractivity contribution >= 4 is 30.4 Å².